The van der Waals surface area contributed by atoms with Crippen LogP contribution in [0.1, 0.15) is 87.3 Å². The van der Waals surface area contributed by atoms with E-state index in [4.69, 9.17) is 0 Å². The molecule has 4 rings (SSSR count). The summed E-state index contributed by atoms with van der Waals surface area (Å²) in [6.45, 7) is 7.60. The second-order valence-electron chi connectivity index (χ2n) is 10.6. The van der Waals surface area contributed by atoms with Gasteiger partial charge in [-0.2, -0.15) is 0 Å². The fraction of sp³-hybridized carbons (Fsp3) is 0.600. The van der Waals surface area contributed by atoms with Crippen LogP contribution in [-0.2, 0) is 16.0 Å². The predicted octanol–water partition coefficient (Wildman–Crippen LogP) is 6.03. The molecule has 0 N–H and O–H groups in total. The molecule has 37 heavy (non-hydrogen) atoms. The molecule has 1 aromatic carbocycles. The Hall–Kier alpha value is -2.25. The number of unbranched alkanes of at least 4 members (excludes halogenated alkanes) is 5. The highest BCUT2D eigenvalue weighted by Gasteiger charge is 2.32. The highest BCUT2D eigenvalue weighted by molar-refractivity contribution is 7.10. The van der Waals surface area contributed by atoms with Gasteiger partial charge in [0, 0.05) is 56.5 Å². The number of thiophene rings is 1. The summed E-state index contributed by atoms with van der Waals surface area (Å²) in [5.74, 6) is 0.144. The van der Waals surface area contributed by atoms with Crippen molar-refractivity contribution in [1.29, 1.82) is 0 Å². The number of carbonyl (C=O) groups is 2. The lowest BCUT2D eigenvalue weighted by molar-refractivity contribution is -0.142. The van der Waals surface area contributed by atoms with Gasteiger partial charge in [-0.05, 0) is 54.5 Å². The summed E-state index contributed by atoms with van der Waals surface area (Å²) in [6.07, 6.45) is 9.08. The van der Waals surface area contributed by atoms with E-state index in [0.717, 1.165) is 31.4 Å². The lowest BCUT2D eigenvalue weighted by Gasteiger charge is -2.41. The molecule has 2 aliphatic heterocycles. The lowest BCUT2D eigenvalue weighted by Crippen LogP contribution is -2.55. The fourth-order valence-corrected chi connectivity index (χ4v) is 6.73. The number of carbonyl (C=O) groups excluding carboxylic acids is 2. The number of amides is 2. The number of piperazine rings is 1. The van der Waals surface area contributed by atoms with E-state index >= 15 is 0 Å². The number of halogens is 1. The number of fused-ring (bicyclic) bond motifs is 1. The molecule has 2 atom stereocenters. The molecule has 0 spiro atoms. The van der Waals surface area contributed by atoms with Crippen molar-refractivity contribution in [2.75, 3.05) is 32.7 Å². The molecular formula is C30H42FN3O2S. The number of nitrogens with zero attached hydrogens (tertiary/aromatic N) is 3. The van der Waals surface area contributed by atoms with Gasteiger partial charge in [0.05, 0.1) is 6.04 Å². The molecular weight excluding hydrogens is 485 g/mol. The van der Waals surface area contributed by atoms with Gasteiger partial charge in [0.25, 0.3) is 0 Å². The average Bonchev–Trinajstić information content (AvgIpc) is 3.37. The predicted molar refractivity (Wildman–Crippen MR) is 148 cm³/mol. The smallest absolute Gasteiger partial charge is 0.223 e. The highest BCUT2D eigenvalue weighted by atomic mass is 32.1. The largest absolute Gasteiger partial charge is 0.339 e. The molecule has 2 aliphatic rings. The standard InChI is InChI=1S/C30H42FN3O2S/c1-3-4-5-6-7-8-12-29(36)34-19-18-33(22-23(34)2)28(35)14-17-32-16-13-27-26(15-20-37-27)30(32)24-10-9-11-25(31)21-24/h9-11,15,20-21,23,30H,3-8,12-14,16-19,22H2,1-2H3/t23-,30-/m0/s1. The second kappa shape index (κ2) is 13.5. The molecule has 0 aliphatic carbocycles. The van der Waals surface area contributed by atoms with E-state index in [2.05, 4.69) is 30.2 Å². The van der Waals surface area contributed by atoms with E-state index in [1.807, 2.05) is 15.9 Å². The minimum Gasteiger partial charge on any atom is -0.339 e. The molecule has 2 aromatic rings. The normalized spacial score (nSPS) is 20.2. The number of hydrogen-bond acceptors (Lipinski definition) is 4. The van der Waals surface area contributed by atoms with Crippen LogP contribution in [-0.4, -0.2) is 65.3 Å². The van der Waals surface area contributed by atoms with Gasteiger partial charge in [-0.25, -0.2) is 4.39 Å². The van der Waals surface area contributed by atoms with Crippen LogP contribution in [0.4, 0.5) is 4.39 Å². The molecule has 1 fully saturated rings. The zero-order chi connectivity index (χ0) is 26.2. The minimum absolute atomic E-state index is 0.0196. The number of benzene rings is 1. The summed E-state index contributed by atoms with van der Waals surface area (Å²) in [7, 11) is 0. The minimum atomic E-state index is -0.228. The van der Waals surface area contributed by atoms with E-state index in [9.17, 15) is 14.0 Å². The molecule has 202 valence electrons. The molecule has 0 radical (unpaired) electrons. The number of rotatable bonds is 11. The first-order valence-electron chi connectivity index (χ1n) is 14.1. The molecule has 3 heterocycles. The first kappa shape index (κ1) is 27.8. The van der Waals surface area contributed by atoms with E-state index in [1.54, 1.807) is 23.5 Å². The van der Waals surface area contributed by atoms with Crippen LogP contribution >= 0.6 is 11.3 Å². The van der Waals surface area contributed by atoms with Crippen LogP contribution in [0.5, 0.6) is 0 Å². The van der Waals surface area contributed by atoms with Crippen LogP contribution in [0.3, 0.4) is 0 Å². The summed E-state index contributed by atoms with van der Waals surface area (Å²) in [5, 5.41) is 2.11. The van der Waals surface area contributed by atoms with E-state index in [0.29, 0.717) is 39.0 Å². The third-order valence-electron chi connectivity index (χ3n) is 7.89. The highest BCUT2D eigenvalue weighted by Crippen LogP contribution is 2.38. The zero-order valence-corrected chi connectivity index (χ0v) is 23.3. The Morgan fingerprint density at radius 2 is 1.81 bits per heavy atom. The Morgan fingerprint density at radius 1 is 1.00 bits per heavy atom. The van der Waals surface area contributed by atoms with Crippen molar-refractivity contribution in [3.05, 3.63) is 57.5 Å². The average molecular weight is 528 g/mol. The van der Waals surface area contributed by atoms with Gasteiger partial charge in [-0.15, -0.1) is 11.3 Å². The van der Waals surface area contributed by atoms with Gasteiger partial charge in [-0.1, -0.05) is 51.2 Å². The summed E-state index contributed by atoms with van der Waals surface area (Å²) >= 11 is 1.76. The van der Waals surface area contributed by atoms with Gasteiger partial charge < -0.3 is 9.80 Å². The summed E-state index contributed by atoms with van der Waals surface area (Å²) in [5.41, 5.74) is 2.18. The molecule has 2 amide bonds. The molecule has 0 unspecified atom stereocenters. The molecule has 1 saturated heterocycles. The molecule has 0 saturated carbocycles. The van der Waals surface area contributed by atoms with Crippen molar-refractivity contribution in [2.45, 2.75) is 83.7 Å². The van der Waals surface area contributed by atoms with Crippen LogP contribution in [0, 0.1) is 5.82 Å². The fourth-order valence-electron chi connectivity index (χ4n) is 5.83. The van der Waals surface area contributed by atoms with Gasteiger partial charge in [-0.3, -0.25) is 14.5 Å². The van der Waals surface area contributed by atoms with E-state index in [1.165, 1.54) is 42.2 Å². The second-order valence-corrected chi connectivity index (χ2v) is 11.6. The summed E-state index contributed by atoms with van der Waals surface area (Å²) < 4.78 is 14.1. The van der Waals surface area contributed by atoms with Crippen LogP contribution in [0.2, 0.25) is 0 Å². The molecule has 1 aromatic heterocycles. The van der Waals surface area contributed by atoms with Crippen molar-refractivity contribution in [3.63, 3.8) is 0 Å². The lowest BCUT2D eigenvalue weighted by atomic mass is 9.93. The van der Waals surface area contributed by atoms with Crippen molar-refractivity contribution in [1.82, 2.24) is 14.7 Å². The van der Waals surface area contributed by atoms with Crippen molar-refractivity contribution in [3.8, 4) is 0 Å². The van der Waals surface area contributed by atoms with Crippen molar-refractivity contribution >= 4 is 23.2 Å². The Bertz CT molecular complexity index is 1040. The maximum absolute atomic E-state index is 14.1. The third-order valence-corrected chi connectivity index (χ3v) is 8.88. The molecule has 0 bridgehead atoms. The maximum atomic E-state index is 14.1. The van der Waals surface area contributed by atoms with Crippen LogP contribution in [0.15, 0.2) is 35.7 Å². The van der Waals surface area contributed by atoms with Gasteiger partial charge in [0.15, 0.2) is 0 Å². The Morgan fingerprint density at radius 3 is 2.59 bits per heavy atom. The summed E-state index contributed by atoms with van der Waals surface area (Å²) in [4.78, 5) is 33.5. The summed E-state index contributed by atoms with van der Waals surface area (Å²) in [6, 6.07) is 9.03. The Balaban J connectivity index is 1.28. The molecule has 5 nitrogen and oxygen atoms in total. The SMILES string of the molecule is CCCCCCCCC(=O)N1CCN(C(=O)CCN2CCc3sccc3[C@@H]2c2cccc(F)c2)C[C@@H]1C. The van der Waals surface area contributed by atoms with Crippen LogP contribution < -0.4 is 0 Å². The quantitative estimate of drug-likeness (QED) is 0.335. The third kappa shape index (κ3) is 7.20. The van der Waals surface area contributed by atoms with Crippen LogP contribution in [0.25, 0.3) is 0 Å². The topological polar surface area (TPSA) is 43.9 Å². The van der Waals surface area contributed by atoms with E-state index < -0.39 is 0 Å². The Labute approximate surface area is 225 Å². The first-order valence-corrected chi connectivity index (χ1v) is 15.0. The Kier molecular flexibility index (Phi) is 10.1. The zero-order valence-electron chi connectivity index (χ0n) is 22.5. The monoisotopic (exact) mass is 527 g/mol. The van der Waals surface area contributed by atoms with Gasteiger partial charge >= 0.3 is 0 Å². The molecule has 7 heteroatoms. The number of hydrogen-bond donors (Lipinski definition) is 0. The van der Waals surface area contributed by atoms with Crippen molar-refractivity contribution in [2.24, 2.45) is 0 Å². The van der Waals surface area contributed by atoms with E-state index in [-0.39, 0.29) is 29.7 Å². The van der Waals surface area contributed by atoms with Crippen molar-refractivity contribution < 1.29 is 14.0 Å². The van der Waals surface area contributed by atoms with Gasteiger partial charge in [0.1, 0.15) is 5.82 Å². The van der Waals surface area contributed by atoms with Gasteiger partial charge in [0.2, 0.25) is 11.8 Å². The first-order chi connectivity index (χ1) is 18.0. The maximum Gasteiger partial charge on any atom is 0.223 e.